The smallest absolute Gasteiger partial charge is 0.336 e. The summed E-state index contributed by atoms with van der Waals surface area (Å²) >= 11 is 0. The predicted octanol–water partition coefficient (Wildman–Crippen LogP) is 5.33. The van der Waals surface area contributed by atoms with Crippen LogP contribution in [0, 0.1) is 35.5 Å². The van der Waals surface area contributed by atoms with Crippen LogP contribution in [-0.2, 0) is 66.9 Å². The highest BCUT2D eigenvalue weighted by Crippen LogP contribution is 2.33. The quantitative estimate of drug-likeness (QED) is 0.0769. The normalized spacial score (nSPS) is 23.4. The van der Waals surface area contributed by atoms with E-state index in [4.69, 9.17) is 40.4 Å². The van der Waals surface area contributed by atoms with Gasteiger partial charge in [0, 0.05) is 88.9 Å². The van der Waals surface area contributed by atoms with Gasteiger partial charge < -0.3 is 40.4 Å². The van der Waals surface area contributed by atoms with Crippen LogP contribution in [-0.4, -0.2) is 152 Å². The SMILES string of the molecule is C.C.CCCOCCOCCCC(=O)C1CCC(CN2C(=O)C=CC2=O)CC1.CCCOCCOCCN.NCC1CCC(C(=O)O)CC1.O=C(ON1C(=O)CCC1=O)C1CCC(CN2C(=O)C=CC2=O)CC1. The fraction of sp³-hybridized carbons (Fsp3) is 0.755. The summed E-state index contributed by atoms with van der Waals surface area (Å²) in [6.07, 6.45) is 18.3. The van der Waals surface area contributed by atoms with E-state index in [2.05, 4.69) is 13.8 Å². The van der Waals surface area contributed by atoms with Gasteiger partial charge in [-0.2, -0.15) is 0 Å². The molecule has 0 unspecified atom stereocenters. The first-order valence-corrected chi connectivity index (χ1v) is 25.8. The molecule has 6 aliphatic rings. The maximum Gasteiger partial charge on any atom is 0.336 e. The van der Waals surface area contributed by atoms with E-state index in [1.165, 1.54) is 34.1 Å². The number of carboxylic acid groups (broad SMARTS) is 1. The number of imide groups is 3. The largest absolute Gasteiger partial charge is 0.481 e. The zero-order chi connectivity index (χ0) is 52.0. The van der Waals surface area contributed by atoms with Gasteiger partial charge in [-0.05, 0) is 121 Å². The number of carboxylic acids is 1. The van der Waals surface area contributed by atoms with Crippen molar-refractivity contribution in [3.63, 3.8) is 0 Å². The molecule has 73 heavy (non-hydrogen) atoms. The van der Waals surface area contributed by atoms with Gasteiger partial charge in [0.2, 0.25) is 0 Å². The van der Waals surface area contributed by atoms with E-state index in [9.17, 15) is 43.2 Å². The third-order valence-corrected chi connectivity index (χ3v) is 13.3. The van der Waals surface area contributed by atoms with Crippen LogP contribution < -0.4 is 11.5 Å². The number of nitrogens with zero attached hydrogens (tertiary/aromatic N) is 3. The van der Waals surface area contributed by atoms with Gasteiger partial charge >= 0.3 is 11.9 Å². The van der Waals surface area contributed by atoms with Crippen molar-refractivity contribution in [1.29, 1.82) is 0 Å². The molecule has 0 spiro atoms. The monoisotopic (exact) mass is 1040 g/mol. The standard InChI is InChI=1S/C20H31NO5.C16H18N2O6.C8H15NO2.C7H17NO2.2CH4/c1-2-11-25-13-14-26-12-3-4-18(22)17-7-5-16(6-8-17)15-21-19(23)9-10-20(21)24;19-12-5-6-13(20)17(12)9-10-1-3-11(4-2-10)16(23)24-18-14(21)7-8-15(18)22;9-5-6-1-3-7(4-2-6)8(10)11;1-2-4-9-6-7-10-5-3-8;;/h9-10,16-17H,2-8,11-15H2,1H3;5-6,10-11H,1-4,7-9H2;6-7H,1-5,9H2,(H,10,11);2-8H2,1H3;2*1H4. The molecule has 3 aliphatic heterocycles. The van der Waals surface area contributed by atoms with Crippen molar-refractivity contribution in [1.82, 2.24) is 14.9 Å². The number of ether oxygens (including phenoxy) is 4. The van der Waals surface area contributed by atoms with Crippen LogP contribution in [0.25, 0.3) is 0 Å². The average molecular weight is 1040 g/mol. The zero-order valence-corrected chi connectivity index (χ0v) is 42.1. The number of aliphatic carboxylic acids is 1. The number of ketones is 1. The fourth-order valence-corrected chi connectivity index (χ4v) is 9.02. The maximum absolute atomic E-state index is 12.3. The fourth-order valence-electron chi connectivity index (χ4n) is 9.02. The molecular weight excluding hydrogens is 947 g/mol. The van der Waals surface area contributed by atoms with Gasteiger partial charge in [0.15, 0.2) is 0 Å². The molecule has 3 heterocycles. The molecular formula is C53H89N5O15. The number of hydrogen-bond acceptors (Lipinski definition) is 16. The van der Waals surface area contributed by atoms with Gasteiger partial charge in [-0.15, -0.1) is 5.06 Å². The summed E-state index contributed by atoms with van der Waals surface area (Å²) in [6, 6.07) is 0. The minimum atomic E-state index is -0.638. The Hall–Kier alpha value is -4.73. The lowest BCUT2D eigenvalue weighted by molar-refractivity contribution is -0.201. The van der Waals surface area contributed by atoms with Crippen molar-refractivity contribution >= 4 is 53.2 Å². The zero-order valence-electron chi connectivity index (χ0n) is 42.1. The van der Waals surface area contributed by atoms with Crippen molar-refractivity contribution in [2.24, 2.45) is 47.0 Å². The summed E-state index contributed by atoms with van der Waals surface area (Å²) in [5.41, 5.74) is 10.7. The molecule has 6 rings (SSSR count). The Bertz CT molecular complexity index is 1710. The van der Waals surface area contributed by atoms with E-state index in [1.54, 1.807) is 0 Å². The minimum absolute atomic E-state index is 0. The number of carbonyl (C=O) groups excluding carboxylic acids is 8. The Morgan fingerprint density at radius 1 is 0.534 bits per heavy atom. The summed E-state index contributed by atoms with van der Waals surface area (Å²) in [5, 5.41) is 9.24. The molecule has 5 N–H and O–H groups in total. The Kier molecular flexibility index (Phi) is 34.4. The van der Waals surface area contributed by atoms with Crippen LogP contribution in [0.15, 0.2) is 24.3 Å². The van der Waals surface area contributed by atoms with Crippen molar-refractivity contribution in [2.75, 3.05) is 79.0 Å². The lowest BCUT2D eigenvalue weighted by Crippen LogP contribution is -2.38. The van der Waals surface area contributed by atoms with Crippen LogP contribution in [0.4, 0.5) is 0 Å². The van der Waals surface area contributed by atoms with Gasteiger partial charge in [0.05, 0.1) is 44.9 Å². The highest BCUT2D eigenvalue weighted by Gasteiger charge is 2.37. The topological polar surface area (TPSA) is 282 Å². The lowest BCUT2D eigenvalue weighted by Gasteiger charge is -2.30. The van der Waals surface area contributed by atoms with Crippen LogP contribution >= 0.6 is 0 Å². The van der Waals surface area contributed by atoms with Gasteiger partial charge in [0.25, 0.3) is 35.4 Å². The van der Waals surface area contributed by atoms with Crippen LogP contribution in [0.3, 0.4) is 0 Å². The average Bonchev–Trinajstić information content (AvgIpc) is 4.00. The first-order chi connectivity index (χ1) is 34.2. The highest BCUT2D eigenvalue weighted by molar-refractivity contribution is 6.13. The Morgan fingerprint density at radius 3 is 1.32 bits per heavy atom. The summed E-state index contributed by atoms with van der Waals surface area (Å²) < 4.78 is 21.1. The van der Waals surface area contributed by atoms with Crippen LogP contribution in [0.5, 0.6) is 0 Å². The molecule has 0 atom stereocenters. The second-order valence-corrected chi connectivity index (χ2v) is 18.8. The predicted molar refractivity (Wildman–Crippen MR) is 273 cm³/mol. The van der Waals surface area contributed by atoms with E-state index < -0.39 is 23.8 Å². The molecule has 416 valence electrons. The van der Waals surface area contributed by atoms with E-state index in [0.29, 0.717) is 121 Å². The summed E-state index contributed by atoms with van der Waals surface area (Å²) in [5.74, 6) is -2.17. The van der Waals surface area contributed by atoms with Gasteiger partial charge in [-0.1, -0.05) is 28.7 Å². The highest BCUT2D eigenvalue weighted by atomic mass is 16.7. The van der Waals surface area contributed by atoms with Crippen LogP contribution in [0.1, 0.15) is 144 Å². The Balaban J connectivity index is 0.000000520. The number of hydrogen-bond donors (Lipinski definition) is 3. The molecule has 4 fully saturated rings. The number of carbonyl (C=O) groups is 9. The second-order valence-electron chi connectivity index (χ2n) is 18.8. The Morgan fingerprint density at radius 2 is 0.918 bits per heavy atom. The third-order valence-electron chi connectivity index (χ3n) is 13.3. The molecule has 0 bridgehead atoms. The summed E-state index contributed by atoms with van der Waals surface area (Å²) in [7, 11) is 0. The number of hydroxylamine groups is 2. The molecule has 3 saturated carbocycles. The number of nitrogens with two attached hydrogens (primary N) is 2. The van der Waals surface area contributed by atoms with Gasteiger partial charge in [-0.3, -0.25) is 48.2 Å². The molecule has 20 nitrogen and oxygen atoms in total. The first-order valence-electron chi connectivity index (χ1n) is 25.8. The number of Topliss-reactive ketones (excluding diaryl/α,β-unsaturated/α-hetero) is 1. The molecule has 0 aromatic rings. The van der Waals surface area contributed by atoms with Crippen LogP contribution in [0.2, 0.25) is 0 Å². The Labute approximate surface area is 433 Å². The molecule has 0 radical (unpaired) electrons. The summed E-state index contributed by atoms with van der Waals surface area (Å²) in [4.78, 5) is 112. The molecule has 6 amide bonds. The van der Waals surface area contributed by atoms with Gasteiger partial charge in [0.1, 0.15) is 5.78 Å². The second kappa shape index (κ2) is 37.9. The third kappa shape index (κ3) is 24.9. The molecule has 20 heteroatoms. The van der Waals surface area contributed by atoms with Crippen molar-refractivity contribution in [2.45, 2.75) is 144 Å². The summed E-state index contributed by atoms with van der Waals surface area (Å²) in [6.45, 7) is 11.7. The number of rotatable bonds is 25. The molecule has 1 saturated heterocycles. The lowest BCUT2D eigenvalue weighted by atomic mass is 9.79. The van der Waals surface area contributed by atoms with Crippen molar-refractivity contribution in [3.8, 4) is 0 Å². The first kappa shape index (κ1) is 66.3. The molecule has 3 aliphatic carbocycles. The van der Waals surface area contributed by atoms with E-state index in [-0.39, 0.29) is 75.0 Å². The number of amides is 6. The van der Waals surface area contributed by atoms with Crippen molar-refractivity contribution < 1.29 is 72.0 Å². The molecule has 0 aromatic heterocycles. The minimum Gasteiger partial charge on any atom is -0.481 e. The van der Waals surface area contributed by atoms with Gasteiger partial charge in [-0.25, -0.2) is 4.79 Å². The van der Waals surface area contributed by atoms with E-state index in [0.717, 1.165) is 83.8 Å². The molecule has 0 aromatic carbocycles. The van der Waals surface area contributed by atoms with E-state index >= 15 is 0 Å². The van der Waals surface area contributed by atoms with E-state index in [1.807, 2.05) is 0 Å². The maximum atomic E-state index is 12.3. The van der Waals surface area contributed by atoms with Crippen molar-refractivity contribution in [3.05, 3.63) is 24.3 Å².